The summed E-state index contributed by atoms with van der Waals surface area (Å²) in [5, 5.41) is 8.57. The average molecular weight is 222 g/mol. The lowest BCUT2D eigenvalue weighted by atomic mass is 10.1. The zero-order chi connectivity index (χ0) is 12.1. The molecule has 16 heavy (non-hydrogen) atoms. The standard InChI is InChI=1S/C11H14N2O3/c1-13(7-10(14)15)11(16)9-4-2-3-8(5-9)6-12/h2-5H,6-7,12H2,1H3,(H,14,15). The fraction of sp³-hybridized carbons (Fsp3) is 0.273. The largest absolute Gasteiger partial charge is 0.480 e. The van der Waals surface area contributed by atoms with Crippen molar-refractivity contribution in [3.8, 4) is 0 Å². The highest BCUT2D eigenvalue weighted by Gasteiger charge is 2.14. The summed E-state index contributed by atoms with van der Waals surface area (Å²) < 4.78 is 0. The second kappa shape index (κ2) is 5.27. The molecule has 1 rings (SSSR count). The first-order valence-corrected chi connectivity index (χ1v) is 4.81. The van der Waals surface area contributed by atoms with Crippen LogP contribution in [0.5, 0.6) is 0 Å². The Labute approximate surface area is 93.5 Å². The normalized spacial score (nSPS) is 9.88. The lowest BCUT2D eigenvalue weighted by Gasteiger charge is -2.14. The van der Waals surface area contributed by atoms with E-state index in [1.807, 2.05) is 6.07 Å². The second-order valence-electron chi connectivity index (χ2n) is 3.46. The van der Waals surface area contributed by atoms with E-state index in [0.29, 0.717) is 12.1 Å². The SMILES string of the molecule is CN(CC(=O)O)C(=O)c1cccc(CN)c1. The van der Waals surface area contributed by atoms with E-state index < -0.39 is 5.97 Å². The van der Waals surface area contributed by atoms with Crippen LogP contribution in [0.15, 0.2) is 24.3 Å². The van der Waals surface area contributed by atoms with Gasteiger partial charge in [0.25, 0.3) is 5.91 Å². The number of likely N-dealkylation sites (N-methyl/N-ethyl adjacent to an activating group) is 1. The van der Waals surface area contributed by atoms with Crippen LogP contribution in [0.4, 0.5) is 0 Å². The number of carbonyl (C=O) groups excluding carboxylic acids is 1. The first-order chi connectivity index (χ1) is 7.54. The third-order valence-corrected chi connectivity index (χ3v) is 2.13. The van der Waals surface area contributed by atoms with Gasteiger partial charge in [0.1, 0.15) is 6.54 Å². The van der Waals surface area contributed by atoms with Gasteiger partial charge in [-0.1, -0.05) is 12.1 Å². The van der Waals surface area contributed by atoms with Crippen molar-refractivity contribution in [3.05, 3.63) is 35.4 Å². The van der Waals surface area contributed by atoms with Gasteiger partial charge in [0.2, 0.25) is 0 Å². The van der Waals surface area contributed by atoms with Crippen molar-refractivity contribution in [3.63, 3.8) is 0 Å². The summed E-state index contributed by atoms with van der Waals surface area (Å²) in [5.74, 6) is -1.36. The van der Waals surface area contributed by atoms with Gasteiger partial charge in [0.05, 0.1) is 0 Å². The molecule has 0 radical (unpaired) electrons. The Balaban J connectivity index is 2.83. The number of benzene rings is 1. The molecule has 86 valence electrons. The highest BCUT2D eigenvalue weighted by Crippen LogP contribution is 2.07. The van der Waals surface area contributed by atoms with Crippen LogP contribution in [0, 0.1) is 0 Å². The molecule has 0 aliphatic heterocycles. The van der Waals surface area contributed by atoms with Gasteiger partial charge in [-0.05, 0) is 17.7 Å². The Morgan fingerprint density at radius 2 is 2.12 bits per heavy atom. The lowest BCUT2D eigenvalue weighted by Crippen LogP contribution is -2.31. The third-order valence-electron chi connectivity index (χ3n) is 2.13. The number of nitrogens with zero attached hydrogens (tertiary/aromatic N) is 1. The first-order valence-electron chi connectivity index (χ1n) is 4.81. The molecule has 0 heterocycles. The topological polar surface area (TPSA) is 83.6 Å². The third kappa shape index (κ3) is 3.06. The number of hydrogen-bond acceptors (Lipinski definition) is 3. The number of hydrogen-bond donors (Lipinski definition) is 2. The number of carboxylic acids is 1. The van der Waals surface area contributed by atoms with E-state index in [2.05, 4.69) is 0 Å². The zero-order valence-electron chi connectivity index (χ0n) is 9.01. The smallest absolute Gasteiger partial charge is 0.323 e. The minimum absolute atomic E-state index is 0.314. The summed E-state index contributed by atoms with van der Waals surface area (Å²) >= 11 is 0. The number of carbonyl (C=O) groups is 2. The molecular weight excluding hydrogens is 208 g/mol. The van der Waals surface area contributed by atoms with Gasteiger partial charge < -0.3 is 15.7 Å². The van der Waals surface area contributed by atoms with Crippen LogP contribution >= 0.6 is 0 Å². The quantitative estimate of drug-likeness (QED) is 0.767. The molecule has 3 N–H and O–H groups in total. The van der Waals surface area contributed by atoms with Crippen LogP contribution in [0.3, 0.4) is 0 Å². The molecule has 0 aromatic heterocycles. The van der Waals surface area contributed by atoms with E-state index in [1.165, 1.54) is 7.05 Å². The summed E-state index contributed by atoms with van der Waals surface area (Å²) in [6.45, 7) is 0.0372. The zero-order valence-corrected chi connectivity index (χ0v) is 9.01. The van der Waals surface area contributed by atoms with Crippen molar-refractivity contribution in [1.29, 1.82) is 0 Å². The highest BCUT2D eigenvalue weighted by molar-refractivity contribution is 5.95. The molecule has 0 saturated heterocycles. The fourth-order valence-electron chi connectivity index (χ4n) is 1.33. The monoisotopic (exact) mass is 222 g/mol. The van der Waals surface area contributed by atoms with Crippen LogP contribution in [0.1, 0.15) is 15.9 Å². The molecule has 5 nitrogen and oxygen atoms in total. The van der Waals surface area contributed by atoms with E-state index in [9.17, 15) is 9.59 Å². The lowest BCUT2D eigenvalue weighted by molar-refractivity contribution is -0.137. The minimum atomic E-state index is -1.04. The molecule has 0 unspecified atom stereocenters. The van der Waals surface area contributed by atoms with Gasteiger partial charge >= 0.3 is 5.97 Å². The van der Waals surface area contributed by atoms with Crippen LogP contribution in [-0.4, -0.2) is 35.5 Å². The van der Waals surface area contributed by atoms with E-state index in [1.54, 1.807) is 18.2 Å². The Hall–Kier alpha value is -1.88. The maximum atomic E-state index is 11.8. The number of amides is 1. The number of rotatable bonds is 4. The number of aliphatic carboxylic acids is 1. The Morgan fingerprint density at radius 1 is 1.44 bits per heavy atom. The van der Waals surface area contributed by atoms with Crippen molar-refractivity contribution < 1.29 is 14.7 Å². The Bertz CT molecular complexity index is 404. The molecule has 1 aromatic rings. The van der Waals surface area contributed by atoms with E-state index in [0.717, 1.165) is 10.5 Å². The van der Waals surface area contributed by atoms with Crippen molar-refractivity contribution in [2.24, 2.45) is 5.73 Å². The maximum Gasteiger partial charge on any atom is 0.323 e. The summed E-state index contributed by atoms with van der Waals surface area (Å²) in [6.07, 6.45) is 0. The molecule has 0 fully saturated rings. The summed E-state index contributed by atoms with van der Waals surface area (Å²) in [7, 11) is 1.45. The van der Waals surface area contributed by atoms with Crippen molar-refractivity contribution in [1.82, 2.24) is 4.90 Å². The van der Waals surface area contributed by atoms with Gasteiger partial charge in [0, 0.05) is 19.2 Å². The highest BCUT2D eigenvalue weighted by atomic mass is 16.4. The van der Waals surface area contributed by atoms with E-state index >= 15 is 0 Å². The molecular formula is C11H14N2O3. The predicted octanol–water partition coefficient (Wildman–Crippen LogP) is 0.302. The van der Waals surface area contributed by atoms with Crippen molar-refractivity contribution >= 4 is 11.9 Å². The van der Waals surface area contributed by atoms with Crippen LogP contribution < -0.4 is 5.73 Å². The van der Waals surface area contributed by atoms with Gasteiger partial charge in [0.15, 0.2) is 0 Å². The molecule has 0 aliphatic rings. The summed E-state index contributed by atoms with van der Waals surface area (Å²) in [6, 6.07) is 6.85. The Morgan fingerprint density at radius 3 is 2.69 bits per heavy atom. The number of nitrogens with two attached hydrogens (primary N) is 1. The second-order valence-corrected chi connectivity index (χ2v) is 3.46. The molecule has 1 aromatic carbocycles. The Kier molecular flexibility index (Phi) is 4.02. The predicted molar refractivity (Wildman–Crippen MR) is 58.9 cm³/mol. The average Bonchev–Trinajstić information content (AvgIpc) is 2.27. The van der Waals surface area contributed by atoms with E-state index in [4.69, 9.17) is 10.8 Å². The van der Waals surface area contributed by atoms with Crippen LogP contribution in [0.2, 0.25) is 0 Å². The molecule has 0 atom stereocenters. The van der Waals surface area contributed by atoms with E-state index in [-0.39, 0.29) is 12.5 Å². The van der Waals surface area contributed by atoms with Crippen LogP contribution in [-0.2, 0) is 11.3 Å². The molecule has 0 aliphatic carbocycles. The van der Waals surface area contributed by atoms with Gasteiger partial charge in [-0.3, -0.25) is 9.59 Å². The molecule has 0 bridgehead atoms. The summed E-state index contributed by atoms with van der Waals surface area (Å²) in [5.41, 5.74) is 6.75. The molecule has 5 heteroatoms. The summed E-state index contributed by atoms with van der Waals surface area (Å²) in [4.78, 5) is 23.4. The van der Waals surface area contributed by atoms with Crippen molar-refractivity contribution in [2.45, 2.75) is 6.54 Å². The first kappa shape index (κ1) is 12.2. The van der Waals surface area contributed by atoms with Crippen molar-refractivity contribution in [2.75, 3.05) is 13.6 Å². The number of carboxylic acid groups (broad SMARTS) is 1. The van der Waals surface area contributed by atoms with Gasteiger partial charge in [-0.2, -0.15) is 0 Å². The molecule has 0 spiro atoms. The minimum Gasteiger partial charge on any atom is -0.480 e. The molecule has 1 amide bonds. The van der Waals surface area contributed by atoms with Gasteiger partial charge in [-0.25, -0.2) is 0 Å². The fourth-order valence-corrected chi connectivity index (χ4v) is 1.33. The molecule has 0 saturated carbocycles. The van der Waals surface area contributed by atoms with Crippen LogP contribution in [0.25, 0.3) is 0 Å². The van der Waals surface area contributed by atoms with Gasteiger partial charge in [-0.15, -0.1) is 0 Å². The maximum absolute atomic E-state index is 11.8.